The van der Waals surface area contributed by atoms with E-state index in [0.29, 0.717) is 0 Å². The number of nitrogens with two attached hydrogens (primary N) is 1. The maximum Gasteiger partial charge on any atom is 0.405 e. The number of halogens is 3. The number of hydrogen-bond donors (Lipinski definition) is 3. The molecule has 0 spiro atoms. The third-order valence-electron chi connectivity index (χ3n) is 2.35. The van der Waals surface area contributed by atoms with Crippen LogP contribution in [-0.4, -0.2) is 38.4 Å². The maximum absolute atomic E-state index is 12.2. The number of amides is 1. The molecular weight excluding hydrogens is 275 g/mol. The smallest absolute Gasteiger partial charge is 0.383 e. The van der Waals surface area contributed by atoms with E-state index in [-0.39, 0.29) is 18.0 Å². The Hall–Kier alpha value is -1.80. The molecule has 112 valence electrons. The fourth-order valence-electron chi connectivity index (χ4n) is 1.42. The second kappa shape index (κ2) is 7.11. The van der Waals surface area contributed by atoms with Gasteiger partial charge in [0.25, 0.3) is 0 Å². The number of carbonyl (C=O) groups excluding carboxylic acids is 1. The van der Waals surface area contributed by atoms with E-state index in [9.17, 15) is 18.0 Å². The van der Waals surface area contributed by atoms with Crippen molar-refractivity contribution in [3.63, 3.8) is 0 Å². The number of methoxy groups -OCH3 is 1. The Balaban J connectivity index is 2.72. The highest BCUT2D eigenvalue weighted by Crippen LogP contribution is 2.23. The first-order chi connectivity index (χ1) is 9.33. The van der Waals surface area contributed by atoms with Crippen LogP contribution in [0.25, 0.3) is 0 Å². The zero-order valence-corrected chi connectivity index (χ0v) is 10.8. The van der Waals surface area contributed by atoms with Crippen LogP contribution in [0.4, 0.5) is 24.5 Å². The minimum atomic E-state index is -4.34. The quantitative estimate of drug-likeness (QED) is 0.743. The standard InChI is InChI=1S/C12H16F3N3O2/c1-20-6-8(16)11(19)18-10-5-3-2-4-9(10)17-7-12(13,14)15/h2-5,8,17H,6-7,16H2,1H3,(H,18,19). The molecule has 1 amide bonds. The van der Waals surface area contributed by atoms with Crippen LogP contribution >= 0.6 is 0 Å². The Bertz CT molecular complexity index is 452. The topological polar surface area (TPSA) is 76.4 Å². The summed E-state index contributed by atoms with van der Waals surface area (Å²) in [5.41, 5.74) is 5.93. The van der Waals surface area contributed by atoms with Crippen molar-refractivity contribution in [1.82, 2.24) is 0 Å². The van der Waals surface area contributed by atoms with Crippen LogP contribution in [0.5, 0.6) is 0 Å². The molecule has 0 bridgehead atoms. The second-order valence-electron chi connectivity index (χ2n) is 4.07. The summed E-state index contributed by atoms with van der Waals surface area (Å²) in [6, 6.07) is 5.18. The predicted molar refractivity (Wildman–Crippen MR) is 69.5 cm³/mol. The summed E-state index contributed by atoms with van der Waals surface area (Å²) in [6.45, 7) is -1.17. The van der Waals surface area contributed by atoms with E-state index < -0.39 is 24.7 Å². The molecule has 0 saturated carbocycles. The van der Waals surface area contributed by atoms with Crippen LogP contribution < -0.4 is 16.4 Å². The van der Waals surface area contributed by atoms with Gasteiger partial charge in [-0.25, -0.2) is 0 Å². The molecule has 0 fully saturated rings. The van der Waals surface area contributed by atoms with Gasteiger partial charge < -0.3 is 21.1 Å². The van der Waals surface area contributed by atoms with Gasteiger partial charge in [0.1, 0.15) is 12.6 Å². The monoisotopic (exact) mass is 291 g/mol. The summed E-state index contributed by atoms with van der Waals surface area (Å²) in [6.07, 6.45) is -4.34. The average Bonchev–Trinajstić information content (AvgIpc) is 2.37. The SMILES string of the molecule is COCC(N)C(=O)Nc1ccccc1NCC(F)(F)F. The average molecular weight is 291 g/mol. The van der Waals surface area contributed by atoms with Gasteiger partial charge in [-0.15, -0.1) is 0 Å². The molecule has 0 saturated heterocycles. The number of benzene rings is 1. The van der Waals surface area contributed by atoms with Crippen molar-refractivity contribution in [2.24, 2.45) is 5.73 Å². The van der Waals surface area contributed by atoms with Gasteiger partial charge in [-0.05, 0) is 12.1 Å². The Labute approximate surface area is 114 Å². The van der Waals surface area contributed by atoms with Gasteiger partial charge in [-0.3, -0.25) is 4.79 Å². The molecular formula is C12H16F3N3O2. The number of carbonyl (C=O) groups is 1. The van der Waals surface area contributed by atoms with E-state index in [0.717, 1.165) is 0 Å². The first kappa shape index (κ1) is 16.3. The molecule has 0 aliphatic rings. The van der Waals surface area contributed by atoms with Crippen molar-refractivity contribution in [2.45, 2.75) is 12.2 Å². The molecule has 0 aliphatic carbocycles. The van der Waals surface area contributed by atoms with Crippen molar-refractivity contribution < 1.29 is 22.7 Å². The lowest BCUT2D eigenvalue weighted by atomic mass is 10.2. The Morgan fingerprint density at radius 1 is 1.35 bits per heavy atom. The summed E-state index contributed by atoms with van der Waals surface area (Å²) in [7, 11) is 1.39. The first-order valence-electron chi connectivity index (χ1n) is 5.78. The third kappa shape index (κ3) is 5.45. The van der Waals surface area contributed by atoms with Gasteiger partial charge >= 0.3 is 6.18 Å². The van der Waals surface area contributed by atoms with E-state index >= 15 is 0 Å². The molecule has 1 atom stereocenters. The van der Waals surface area contributed by atoms with E-state index in [1.54, 1.807) is 12.1 Å². The number of nitrogens with one attached hydrogen (secondary N) is 2. The fourth-order valence-corrected chi connectivity index (χ4v) is 1.42. The maximum atomic E-state index is 12.2. The highest BCUT2D eigenvalue weighted by molar-refractivity contribution is 5.97. The van der Waals surface area contributed by atoms with Gasteiger partial charge in [0, 0.05) is 7.11 Å². The molecule has 1 rings (SSSR count). The normalized spacial score (nSPS) is 12.8. The molecule has 1 aromatic carbocycles. The number of hydrogen-bond acceptors (Lipinski definition) is 4. The highest BCUT2D eigenvalue weighted by atomic mass is 19.4. The fraction of sp³-hybridized carbons (Fsp3) is 0.417. The lowest BCUT2D eigenvalue weighted by Gasteiger charge is -2.16. The highest BCUT2D eigenvalue weighted by Gasteiger charge is 2.27. The van der Waals surface area contributed by atoms with Crippen LogP contribution in [0.2, 0.25) is 0 Å². The Morgan fingerprint density at radius 3 is 2.50 bits per heavy atom. The summed E-state index contributed by atoms with van der Waals surface area (Å²) >= 11 is 0. The van der Waals surface area contributed by atoms with Crippen LogP contribution in [0.3, 0.4) is 0 Å². The van der Waals surface area contributed by atoms with Crippen molar-refractivity contribution in [3.8, 4) is 0 Å². The van der Waals surface area contributed by atoms with E-state index in [4.69, 9.17) is 10.5 Å². The molecule has 4 N–H and O–H groups in total. The van der Waals surface area contributed by atoms with Crippen LogP contribution in [0.1, 0.15) is 0 Å². The van der Waals surface area contributed by atoms with Gasteiger partial charge in [0.2, 0.25) is 5.91 Å². The lowest BCUT2D eigenvalue weighted by molar-refractivity contribution is -0.118. The van der Waals surface area contributed by atoms with Crippen molar-refractivity contribution in [3.05, 3.63) is 24.3 Å². The Morgan fingerprint density at radius 2 is 1.95 bits per heavy atom. The zero-order valence-electron chi connectivity index (χ0n) is 10.8. The number of rotatable bonds is 6. The number of para-hydroxylation sites is 2. The minimum absolute atomic E-state index is 0.0178. The van der Waals surface area contributed by atoms with Gasteiger partial charge in [0.05, 0.1) is 18.0 Å². The van der Waals surface area contributed by atoms with Gasteiger partial charge in [-0.2, -0.15) is 13.2 Å². The Kier molecular flexibility index (Phi) is 5.78. The second-order valence-corrected chi connectivity index (χ2v) is 4.07. The van der Waals surface area contributed by atoms with Gasteiger partial charge in [-0.1, -0.05) is 12.1 Å². The predicted octanol–water partition coefficient (Wildman–Crippen LogP) is 1.57. The molecule has 1 unspecified atom stereocenters. The first-order valence-corrected chi connectivity index (χ1v) is 5.78. The van der Waals surface area contributed by atoms with Crippen LogP contribution in [0.15, 0.2) is 24.3 Å². The van der Waals surface area contributed by atoms with Gasteiger partial charge in [0.15, 0.2) is 0 Å². The molecule has 0 radical (unpaired) electrons. The molecule has 20 heavy (non-hydrogen) atoms. The molecule has 5 nitrogen and oxygen atoms in total. The molecule has 0 heterocycles. The minimum Gasteiger partial charge on any atom is -0.383 e. The number of anilines is 2. The lowest BCUT2D eigenvalue weighted by Crippen LogP contribution is -2.39. The van der Waals surface area contributed by atoms with Crippen molar-refractivity contribution >= 4 is 17.3 Å². The van der Waals surface area contributed by atoms with Crippen LogP contribution in [0, 0.1) is 0 Å². The molecule has 0 aromatic heterocycles. The van der Waals surface area contributed by atoms with E-state index in [1.165, 1.54) is 19.2 Å². The summed E-state index contributed by atoms with van der Waals surface area (Å²) in [5, 5.41) is 4.68. The third-order valence-corrected chi connectivity index (χ3v) is 2.35. The van der Waals surface area contributed by atoms with E-state index in [1.807, 2.05) is 0 Å². The molecule has 0 aliphatic heterocycles. The molecule has 1 aromatic rings. The molecule has 8 heteroatoms. The number of ether oxygens (including phenoxy) is 1. The van der Waals surface area contributed by atoms with Crippen LogP contribution in [-0.2, 0) is 9.53 Å². The largest absolute Gasteiger partial charge is 0.405 e. The zero-order chi connectivity index (χ0) is 15.2. The van der Waals surface area contributed by atoms with Crippen molar-refractivity contribution in [2.75, 3.05) is 30.9 Å². The summed E-state index contributed by atoms with van der Waals surface area (Å²) in [5.74, 6) is -0.534. The van der Waals surface area contributed by atoms with E-state index in [2.05, 4.69) is 10.6 Å². The number of alkyl halides is 3. The van der Waals surface area contributed by atoms with Crippen molar-refractivity contribution in [1.29, 1.82) is 0 Å². The summed E-state index contributed by atoms with van der Waals surface area (Å²) in [4.78, 5) is 11.7. The summed E-state index contributed by atoms with van der Waals surface area (Å²) < 4.78 is 41.3.